The number of carbonyl (C=O) groups is 1. The molecule has 1 saturated heterocycles. The maximum Gasteiger partial charge on any atom is 0.240 e. The lowest BCUT2D eigenvalue weighted by atomic mass is 10.1. The molecule has 94 valence electrons. The summed E-state index contributed by atoms with van der Waals surface area (Å²) in [4.78, 5) is 14.0. The van der Waals surface area contributed by atoms with E-state index in [2.05, 4.69) is 32.3 Å². The number of nitrogens with one attached hydrogen (secondary N) is 1. The molecule has 0 aromatic rings. The summed E-state index contributed by atoms with van der Waals surface area (Å²) >= 11 is 1.86. The fraction of sp³-hybridized carbons (Fsp3) is 0.917. The largest absolute Gasteiger partial charge is 0.326 e. The van der Waals surface area contributed by atoms with Crippen LogP contribution in [0.15, 0.2) is 0 Å². The highest BCUT2D eigenvalue weighted by Crippen LogP contribution is 2.19. The number of carbonyl (C=O) groups excluding carboxylic acids is 1. The fourth-order valence-electron chi connectivity index (χ4n) is 2.04. The number of hydrogen-bond donors (Lipinski definition) is 1. The Labute approximate surface area is 103 Å². The van der Waals surface area contributed by atoms with Crippen molar-refractivity contribution in [3.05, 3.63) is 0 Å². The van der Waals surface area contributed by atoms with E-state index in [0.717, 1.165) is 13.0 Å². The normalized spacial score (nSPS) is 27.9. The Morgan fingerprint density at radius 2 is 2.06 bits per heavy atom. The van der Waals surface area contributed by atoms with Crippen molar-refractivity contribution in [3.8, 4) is 0 Å². The maximum absolute atomic E-state index is 12.0. The summed E-state index contributed by atoms with van der Waals surface area (Å²) in [6, 6.07) is -0.0167. The Hall–Kier alpha value is -0.220. The standard InChI is InChI=1S/C12H24N2OS/c1-8(2)11-13-10(4)12(15)14(11)7-6-9(3)16-5/h8-11,13H,6-7H2,1-5H3. The average molecular weight is 244 g/mol. The van der Waals surface area contributed by atoms with Crippen LogP contribution in [-0.2, 0) is 4.79 Å². The third kappa shape index (κ3) is 3.14. The van der Waals surface area contributed by atoms with Crippen LogP contribution in [0.2, 0.25) is 0 Å². The molecule has 16 heavy (non-hydrogen) atoms. The second kappa shape index (κ2) is 5.92. The summed E-state index contributed by atoms with van der Waals surface area (Å²) in [5.74, 6) is 0.727. The summed E-state index contributed by atoms with van der Waals surface area (Å²) in [7, 11) is 0. The SMILES string of the molecule is CSC(C)CCN1C(=O)C(C)NC1C(C)C. The summed E-state index contributed by atoms with van der Waals surface area (Å²) in [6.45, 7) is 9.37. The minimum atomic E-state index is -0.0167. The zero-order chi connectivity index (χ0) is 12.3. The molecule has 3 unspecified atom stereocenters. The highest BCUT2D eigenvalue weighted by Gasteiger charge is 2.37. The number of amides is 1. The first kappa shape index (κ1) is 13.8. The van der Waals surface area contributed by atoms with Crippen LogP contribution in [0.4, 0.5) is 0 Å². The van der Waals surface area contributed by atoms with E-state index >= 15 is 0 Å². The van der Waals surface area contributed by atoms with Gasteiger partial charge in [0.15, 0.2) is 0 Å². The summed E-state index contributed by atoms with van der Waals surface area (Å²) < 4.78 is 0. The molecule has 0 aromatic carbocycles. The van der Waals surface area contributed by atoms with Crippen molar-refractivity contribution in [1.82, 2.24) is 10.2 Å². The van der Waals surface area contributed by atoms with Crippen molar-refractivity contribution in [1.29, 1.82) is 0 Å². The van der Waals surface area contributed by atoms with Crippen LogP contribution in [0.1, 0.15) is 34.1 Å². The van der Waals surface area contributed by atoms with E-state index in [0.29, 0.717) is 11.2 Å². The van der Waals surface area contributed by atoms with Gasteiger partial charge in [-0.2, -0.15) is 11.8 Å². The van der Waals surface area contributed by atoms with Gasteiger partial charge in [-0.05, 0) is 25.5 Å². The lowest BCUT2D eigenvalue weighted by Gasteiger charge is -2.28. The fourth-order valence-corrected chi connectivity index (χ4v) is 2.38. The molecule has 1 rings (SSSR count). The molecular weight excluding hydrogens is 220 g/mol. The molecule has 3 nitrogen and oxygen atoms in total. The van der Waals surface area contributed by atoms with Gasteiger partial charge in [0.1, 0.15) is 0 Å². The molecule has 1 aliphatic heterocycles. The lowest BCUT2D eigenvalue weighted by molar-refractivity contribution is -0.130. The van der Waals surface area contributed by atoms with Gasteiger partial charge in [-0.15, -0.1) is 0 Å². The van der Waals surface area contributed by atoms with E-state index in [9.17, 15) is 4.79 Å². The van der Waals surface area contributed by atoms with Crippen molar-refractivity contribution >= 4 is 17.7 Å². The molecule has 0 spiro atoms. The second-order valence-corrected chi connectivity index (χ2v) is 6.22. The van der Waals surface area contributed by atoms with Crippen molar-refractivity contribution < 1.29 is 4.79 Å². The summed E-state index contributed by atoms with van der Waals surface area (Å²) in [6.07, 6.45) is 3.42. The number of rotatable bonds is 5. The maximum atomic E-state index is 12.0. The van der Waals surface area contributed by atoms with Gasteiger partial charge in [0.2, 0.25) is 5.91 Å². The third-order valence-corrected chi connectivity index (χ3v) is 4.26. The van der Waals surface area contributed by atoms with Crippen molar-refractivity contribution in [2.24, 2.45) is 5.92 Å². The molecular formula is C12H24N2OS. The Balaban J connectivity index is 2.57. The van der Waals surface area contributed by atoms with E-state index in [1.54, 1.807) is 0 Å². The molecule has 1 aliphatic rings. The van der Waals surface area contributed by atoms with Crippen LogP contribution in [0.3, 0.4) is 0 Å². The van der Waals surface area contributed by atoms with Gasteiger partial charge in [-0.25, -0.2) is 0 Å². The van der Waals surface area contributed by atoms with Gasteiger partial charge in [-0.1, -0.05) is 20.8 Å². The molecule has 1 heterocycles. The Bertz CT molecular complexity index is 245. The zero-order valence-corrected chi connectivity index (χ0v) is 11.8. The van der Waals surface area contributed by atoms with Crippen LogP contribution in [0.25, 0.3) is 0 Å². The van der Waals surface area contributed by atoms with E-state index in [-0.39, 0.29) is 18.1 Å². The smallest absolute Gasteiger partial charge is 0.240 e. The van der Waals surface area contributed by atoms with Crippen LogP contribution in [0, 0.1) is 5.92 Å². The van der Waals surface area contributed by atoms with Gasteiger partial charge in [0.25, 0.3) is 0 Å². The zero-order valence-electron chi connectivity index (χ0n) is 11.0. The molecule has 3 atom stereocenters. The molecule has 1 N–H and O–H groups in total. The molecule has 0 radical (unpaired) electrons. The van der Waals surface area contributed by atoms with Crippen LogP contribution in [0.5, 0.6) is 0 Å². The van der Waals surface area contributed by atoms with Crippen molar-refractivity contribution in [2.75, 3.05) is 12.8 Å². The van der Waals surface area contributed by atoms with E-state index in [4.69, 9.17) is 0 Å². The predicted octanol–water partition coefficient (Wildman–Crippen LogP) is 1.93. The molecule has 0 bridgehead atoms. The highest BCUT2D eigenvalue weighted by atomic mass is 32.2. The molecule has 0 saturated carbocycles. The van der Waals surface area contributed by atoms with E-state index in [1.165, 1.54) is 0 Å². The van der Waals surface area contributed by atoms with Gasteiger partial charge in [0.05, 0.1) is 12.2 Å². The predicted molar refractivity (Wildman–Crippen MR) is 70.5 cm³/mol. The van der Waals surface area contributed by atoms with Gasteiger partial charge in [0, 0.05) is 11.8 Å². The van der Waals surface area contributed by atoms with Gasteiger partial charge in [-0.3, -0.25) is 10.1 Å². The summed E-state index contributed by atoms with van der Waals surface area (Å²) in [5.41, 5.74) is 0. The first-order valence-electron chi connectivity index (χ1n) is 6.06. The molecule has 0 aromatic heterocycles. The lowest BCUT2D eigenvalue weighted by Crippen LogP contribution is -2.42. The minimum absolute atomic E-state index is 0.0167. The Morgan fingerprint density at radius 3 is 2.56 bits per heavy atom. The van der Waals surface area contributed by atoms with Crippen LogP contribution < -0.4 is 5.32 Å². The average Bonchev–Trinajstić information content (AvgIpc) is 2.53. The topological polar surface area (TPSA) is 32.3 Å². The van der Waals surface area contributed by atoms with Crippen molar-refractivity contribution in [2.45, 2.75) is 51.6 Å². The highest BCUT2D eigenvalue weighted by molar-refractivity contribution is 7.99. The minimum Gasteiger partial charge on any atom is -0.326 e. The van der Waals surface area contributed by atoms with Gasteiger partial charge >= 0.3 is 0 Å². The second-order valence-electron chi connectivity index (χ2n) is 4.94. The van der Waals surface area contributed by atoms with Crippen molar-refractivity contribution in [3.63, 3.8) is 0 Å². The first-order valence-corrected chi connectivity index (χ1v) is 7.35. The Morgan fingerprint density at radius 1 is 1.44 bits per heavy atom. The monoisotopic (exact) mass is 244 g/mol. The number of hydrogen-bond acceptors (Lipinski definition) is 3. The van der Waals surface area contributed by atoms with Gasteiger partial charge < -0.3 is 4.90 Å². The number of nitrogens with zero attached hydrogens (tertiary/aromatic N) is 1. The van der Waals surface area contributed by atoms with Crippen LogP contribution >= 0.6 is 11.8 Å². The molecule has 4 heteroatoms. The third-order valence-electron chi connectivity index (χ3n) is 3.22. The van der Waals surface area contributed by atoms with Crippen LogP contribution in [-0.4, -0.2) is 41.1 Å². The summed E-state index contributed by atoms with van der Waals surface area (Å²) in [5, 5.41) is 3.99. The Kier molecular flexibility index (Phi) is 5.12. The molecule has 0 aliphatic carbocycles. The first-order chi connectivity index (χ1) is 7.47. The molecule has 1 amide bonds. The quantitative estimate of drug-likeness (QED) is 0.802. The van der Waals surface area contributed by atoms with E-state index in [1.807, 2.05) is 23.6 Å². The van der Waals surface area contributed by atoms with E-state index < -0.39 is 0 Å². The number of thioether (sulfide) groups is 1. The molecule has 1 fully saturated rings.